The number of likely N-dealkylation sites (N-methyl/N-ethyl adjacent to an activating group) is 1. The Balaban J connectivity index is 2.13. The van der Waals surface area contributed by atoms with E-state index in [4.69, 9.17) is 5.14 Å². The van der Waals surface area contributed by atoms with Gasteiger partial charge in [-0.15, -0.1) is 0 Å². The molecule has 1 heterocycles. The molecule has 3 N–H and O–H groups in total. The van der Waals surface area contributed by atoms with Crippen LogP contribution in [0.4, 0.5) is 10.5 Å². The van der Waals surface area contributed by atoms with Crippen molar-refractivity contribution in [3.05, 3.63) is 48.5 Å². The second-order valence-electron chi connectivity index (χ2n) is 5.65. The van der Waals surface area contributed by atoms with Crippen LogP contribution in [-0.2, 0) is 20.7 Å². The summed E-state index contributed by atoms with van der Waals surface area (Å²) >= 11 is 0. The van der Waals surface area contributed by atoms with Crippen LogP contribution in [0, 0.1) is 0 Å². The van der Waals surface area contributed by atoms with E-state index in [1.54, 1.807) is 11.0 Å². The molecule has 0 aliphatic carbocycles. The van der Waals surface area contributed by atoms with Crippen LogP contribution >= 0.6 is 0 Å². The molecule has 0 spiro atoms. The summed E-state index contributed by atoms with van der Waals surface area (Å²) in [6.45, 7) is 3.85. The maximum Gasteiger partial charge on any atom is 0.354 e. The van der Waals surface area contributed by atoms with Gasteiger partial charge < -0.3 is 5.32 Å². The second-order valence-corrected chi connectivity index (χ2v) is 8.88. The first-order chi connectivity index (χ1) is 12.4. The van der Waals surface area contributed by atoms with E-state index < -0.39 is 20.7 Å². The average molecular weight is 393 g/mol. The molecule has 2 aromatic rings. The maximum atomic E-state index is 12.6. The molecule has 26 heavy (non-hydrogen) atoms. The highest BCUT2D eigenvalue weighted by atomic mass is 32.2. The van der Waals surface area contributed by atoms with Gasteiger partial charge in [0.15, 0.2) is 0 Å². The molecule has 0 bridgehead atoms. The van der Waals surface area contributed by atoms with Crippen LogP contribution in [-0.4, -0.2) is 34.1 Å². The number of benzene rings is 2. The smallest absolute Gasteiger partial charge is 0.315 e. The molecule has 1 atom stereocenters. The van der Waals surface area contributed by atoms with E-state index in [-0.39, 0.29) is 10.9 Å². The molecule has 2 amide bonds. The number of hydrogen-bond acceptors (Lipinski definition) is 4. The Kier molecular flexibility index (Phi) is 5.52. The van der Waals surface area contributed by atoms with Crippen LogP contribution in [0.1, 0.15) is 6.92 Å². The first-order valence-electron chi connectivity index (χ1n) is 8.12. The van der Waals surface area contributed by atoms with E-state index in [2.05, 4.69) is 9.68 Å². The molecular weight excluding hydrogens is 372 g/mol. The Morgan fingerprint density at radius 2 is 1.92 bits per heavy atom. The number of nitrogens with two attached hydrogens (primary N) is 1. The molecule has 7 nitrogen and oxygen atoms in total. The summed E-state index contributed by atoms with van der Waals surface area (Å²) in [6, 6.07) is 13.6. The molecule has 1 aliphatic rings. The number of hydrogen-bond donors (Lipinski definition) is 2. The summed E-state index contributed by atoms with van der Waals surface area (Å²) in [7, 11) is -4.74. The zero-order chi connectivity index (χ0) is 18.7. The van der Waals surface area contributed by atoms with E-state index in [9.17, 15) is 13.2 Å². The third-order valence-corrected chi connectivity index (χ3v) is 6.60. The van der Waals surface area contributed by atoms with E-state index in [0.29, 0.717) is 23.7 Å². The van der Waals surface area contributed by atoms with Crippen molar-refractivity contribution in [1.29, 1.82) is 0 Å². The van der Waals surface area contributed by atoms with E-state index in [1.807, 2.05) is 37.3 Å². The second kappa shape index (κ2) is 7.67. The quantitative estimate of drug-likeness (QED) is 0.735. The van der Waals surface area contributed by atoms with Crippen LogP contribution < -0.4 is 15.4 Å². The monoisotopic (exact) mass is 392 g/mol. The topological polar surface area (TPSA) is 105 Å². The SMILES string of the molecule is CCNCCN1C(=O)N=S(c2ccccc2)c2cc(S(N)(=O)=O)ccc21. The number of carbonyl (C=O) groups excluding carboxylic acids is 1. The number of primary sulfonamides is 1. The number of carbonyl (C=O) groups is 1. The van der Waals surface area contributed by atoms with Crippen LogP contribution in [0.5, 0.6) is 0 Å². The molecule has 0 saturated carbocycles. The van der Waals surface area contributed by atoms with Gasteiger partial charge in [-0.05, 0) is 47.6 Å². The Bertz CT molecular complexity index is 959. The van der Waals surface area contributed by atoms with Gasteiger partial charge in [-0.1, -0.05) is 25.1 Å². The Hall–Kier alpha value is -2.07. The van der Waals surface area contributed by atoms with Gasteiger partial charge in [-0.25, -0.2) is 18.4 Å². The highest BCUT2D eigenvalue weighted by Gasteiger charge is 2.27. The molecule has 0 aromatic heterocycles. The molecule has 0 saturated heterocycles. The van der Waals surface area contributed by atoms with Crippen molar-refractivity contribution < 1.29 is 13.2 Å². The number of rotatable bonds is 6. The van der Waals surface area contributed by atoms with Crippen molar-refractivity contribution in [2.45, 2.75) is 21.6 Å². The molecule has 1 aliphatic heterocycles. The predicted octanol–water partition coefficient (Wildman–Crippen LogP) is 2.10. The van der Waals surface area contributed by atoms with E-state index in [1.165, 1.54) is 12.1 Å². The Labute approximate surface area is 155 Å². The van der Waals surface area contributed by atoms with Gasteiger partial charge >= 0.3 is 6.03 Å². The summed E-state index contributed by atoms with van der Waals surface area (Å²) in [5.74, 6) is 0. The first-order valence-corrected chi connectivity index (χ1v) is 10.8. The average Bonchev–Trinajstić information content (AvgIpc) is 2.63. The highest BCUT2D eigenvalue weighted by molar-refractivity contribution is 7.89. The largest absolute Gasteiger partial charge is 0.354 e. The number of urea groups is 1. The van der Waals surface area contributed by atoms with Crippen LogP contribution in [0.25, 0.3) is 0 Å². The van der Waals surface area contributed by atoms with Crippen molar-refractivity contribution >= 4 is 32.4 Å². The van der Waals surface area contributed by atoms with Crippen molar-refractivity contribution in [3.63, 3.8) is 0 Å². The molecule has 2 aromatic carbocycles. The van der Waals surface area contributed by atoms with Crippen molar-refractivity contribution in [1.82, 2.24) is 5.32 Å². The number of nitrogens with zero attached hydrogens (tertiary/aromatic N) is 2. The summed E-state index contributed by atoms with van der Waals surface area (Å²) in [5, 5.41) is 8.46. The Morgan fingerprint density at radius 1 is 1.19 bits per heavy atom. The zero-order valence-electron chi connectivity index (χ0n) is 14.3. The molecule has 138 valence electrons. The number of sulfonamides is 1. The van der Waals surface area contributed by atoms with Gasteiger partial charge in [0.05, 0.1) is 10.6 Å². The molecule has 0 fully saturated rings. The molecule has 0 radical (unpaired) electrons. The van der Waals surface area contributed by atoms with Crippen molar-refractivity contribution in [2.24, 2.45) is 9.50 Å². The lowest BCUT2D eigenvalue weighted by atomic mass is 10.3. The third-order valence-electron chi connectivity index (χ3n) is 3.89. The van der Waals surface area contributed by atoms with Gasteiger partial charge in [0, 0.05) is 22.9 Å². The normalized spacial score (nSPS) is 16.9. The summed E-state index contributed by atoms with van der Waals surface area (Å²) in [5.41, 5.74) is 0.669. The van der Waals surface area contributed by atoms with Crippen molar-refractivity contribution in [2.75, 3.05) is 24.5 Å². The minimum absolute atomic E-state index is 0.0147. The number of anilines is 1. The molecular formula is C17H20N4O3S2. The Morgan fingerprint density at radius 3 is 2.58 bits per heavy atom. The number of nitrogens with one attached hydrogen (secondary N) is 1. The molecule has 1 unspecified atom stereocenters. The minimum Gasteiger partial charge on any atom is -0.315 e. The van der Waals surface area contributed by atoms with Crippen LogP contribution in [0.2, 0.25) is 0 Å². The fourth-order valence-electron chi connectivity index (χ4n) is 2.64. The number of amides is 2. The lowest BCUT2D eigenvalue weighted by Crippen LogP contribution is -2.38. The first kappa shape index (κ1) is 18.7. The fraction of sp³-hybridized carbons (Fsp3) is 0.235. The third kappa shape index (κ3) is 3.85. The fourth-order valence-corrected chi connectivity index (χ4v) is 5.00. The lowest BCUT2D eigenvalue weighted by molar-refractivity contribution is 0.254. The van der Waals surface area contributed by atoms with Gasteiger partial charge in [0.2, 0.25) is 10.0 Å². The van der Waals surface area contributed by atoms with Crippen LogP contribution in [0.15, 0.2) is 67.6 Å². The summed E-state index contributed by atoms with van der Waals surface area (Å²) < 4.78 is 27.9. The zero-order valence-corrected chi connectivity index (χ0v) is 15.9. The summed E-state index contributed by atoms with van der Waals surface area (Å²) in [4.78, 5) is 15.7. The molecule has 3 rings (SSSR count). The highest BCUT2D eigenvalue weighted by Crippen LogP contribution is 2.35. The van der Waals surface area contributed by atoms with Gasteiger partial charge in [0.25, 0.3) is 0 Å². The minimum atomic E-state index is -3.85. The van der Waals surface area contributed by atoms with Crippen LogP contribution in [0.3, 0.4) is 0 Å². The molecule has 9 heteroatoms. The maximum absolute atomic E-state index is 12.6. The van der Waals surface area contributed by atoms with E-state index in [0.717, 1.165) is 11.4 Å². The van der Waals surface area contributed by atoms with E-state index >= 15 is 0 Å². The van der Waals surface area contributed by atoms with Gasteiger partial charge in [0.1, 0.15) is 0 Å². The standard InChI is InChI=1S/C17H20N4O3S2/c1-2-19-10-11-21-15-9-8-14(26(18,23)24)12-16(15)25(20-17(21)22)13-6-4-3-5-7-13/h3-9,12,19H,2,10-11H2,1H3,(H2,18,23,24). The predicted molar refractivity (Wildman–Crippen MR) is 102 cm³/mol. The number of fused-ring (bicyclic) bond motifs is 1. The van der Waals surface area contributed by atoms with Gasteiger partial charge in [-0.3, -0.25) is 4.90 Å². The summed E-state index contributed by atoms with van der Waals surface area (Å²) in [6.07, 6.45) is 0. The lowest BCUT2D eigenvalue weighted by Gasteiger charge is -2.28. The van der Waals surface area contributed by atoms with Crippen molar-refractivity contribution in [3.8, 4) is 0 Å². The van der Waals surface area contributed by atoms with Gasteiger partial charge in [-0.2, -0.15) is 4.36 Å².